The van der Waals surface area contributed by atoms with Crippen LogP contribution in [0.25, 0.3) is 0 Å². The molecule has 3 heteroatoms. The molecule has 0 saturated carbocycles. The molecule has 0 unspecified atom stereocenters. The molecule has 0 bridgehead atoms. The molecule has 0 aromatic heterocycles. The van der Waals surface area contributed by atoms with E-state index in [2.05, 4.69) is 66.3 Å². The molecule has 0 aliphatic carbocycles. The second-order valence-electron chi connectivity index (χ2n) is 5.86. The van der Waals surface area contributed by atoms with E-state index in [1.54, 1.807) is 0 Å². The molecular weight excluding hydrogens is 334 g/mol. The van der Waals surface area contributed by atoms with E-state index in [1.807, 2.05) is 18.2 Å². The van der Waals surface area contributed by atoms with Crippen molar-refractivity contribution in [2.75, 3.05) is 0 Å². The van der Waals surface area contributed by atoms with Crippen LogP contribution >= 0.6 is 27.5 Å². The first-order chi connectivity index (χ1) is 9.36. The fraction of sp³-hybridized carbons (Fsp3) is 0.294. The molecule has 0 N–H and O–H groups in total. The Labute approximate surface area is 134 Å². The predicted octanol–water partition coefficient (Wildman–Crippen LogP) is 5.84. The Morgan fingerprint density at radius 2 is 1.70 bits per heavy atom. The predicted molar refractivity (Wildman–Crippen MR) is 89.8 cm³/mol. The zero-order valence-electron chi connectivity index (χ0n) is 12.0. The van der Waals surface area contributed by atoms with Gasteiger partial charge in [-0.3, -0.25) is 5.32 Å². The number of rotatable bonds is 3. The highest BCUT2D eigenvalue weighted by atomic mass is 79.9. The molecule has 1 nitrogen and oxygen atoms in total. The minimum atomic E-state index is 0.189. The third-order valence-corrected chi connectivity index (χ3v) is 4.40. The van der Waals surface area contributed by atoms with E-state index in [0.717, 1.165) is 10.2 Å². The van der Waals surface area contributed by atoms with Crippen LogP contribution in [0, 0.1) is 0 Å². The summed E-state index contributed by atoms with van der Waals surface area (Å²) in [6, 6.07) is 14.4. The van der Waals surface area contributed by atoms with Gasteiger partial charge in [-0.2, -0.15) is 0 Å². The molecule has 1 radical (unpaired) electrons. The summed E-state index contributed by atoms with van der Waals surface area (Å²) in [4.78, 5) is 0. The Bertz CT molecular complexity index is 585. The average Bonchev–Trinajstić information content (AvgIpc) is 2.40. The van der Waals surface area contributed by atoms with Gasteiger partial charge in [0.15, 0.2) is 0 Å². The third-order valence-electron chi connectivity index (χ3n) is 3.17. The molecule has 105 valence electrons. The SMILES string of the molecule is CC(C)(C)c1ccc(C[N]c2ccc(Br)c(Cl)c2)cc1. The molecule has 0 aliphatic rings. The van der Waals surface area contributed by atoms with Crippen molar-refractivity contribution < 1.29 is 0 Å². The lowest BCUT2D eigenvalue weighted by molar-refractivity contribution is 0.590. The first-order valence-electron chi connectivity index (χ1n) is 6.58. The van der Waals surface area contributed by atoms with Crippen molar-refractivity contribution in [3.8, 4) is 0 Å². The van der Waals surface area contributed by atoms with Crippen molar-refractivity contribution in [1.82, 2.24) is 5.32 Å². The summed E-state index contributed by atoms with van der Waals surface area (Å²) in [5, 5.41) is 5.25. The molecule has 0 saturated heterocycles. The zero-order valence-corrected chi connectivity index (χ0v) is 14.3. The molecule has 2 aromatic rings. The monoisotopic (exact) mass is 350 g/mol. The van der Waals surface area contributed by atoms with Crippen LogP contribution in [0.2, 0.25) is 5.02 Å². The minimum Gasteiger partial charge on any atom is -0.281 e. The summed E-state index contributed by atoms with van der Waals surface area (Å²) in [5.41, 5.74) is 3.64. The zero-order chi connectivity index (χ0) is 14.8. The number of hydrogen-bond acceptors (Lipinski definition) is 0. The van der Waals surface area contributed by atoms with Gasteiger partial charge in [0.05, 0.1) is 17.3 Å². The second kappa shape index (κ2) is 6.19. The normalized spacial score (nSPS) is 11.4. The smallest absolute Gasteiger partial charge is 0.0646 e. The van der Waals surface area contributed by atoms with Gasteiger partial charge in [0.2, 0.25) is 0 Å². The summed E-state index contributed by atoms with van der Waals surface area (Å²) in [5.74, 6) is 0. The molecule has 0 fully saturated rings. The quantitative estimate of drug-likeness (QED) is 0.660. The topological polar surface area (TPSA) is 14.1 Å². The fourth-order valence-corrected chi connectivity index (χ4v) is 2.30. The summed E-state index contributed by atoms with van der Waals surface area (Å²) in [6.07, 6.45) is 0. The summed E-state index contributed by atoms with van der Waals surface area (Å²) < 4.78 is 0.896. The van der Waals surface area contributed by atoms with Crippen LogP contribution in [0.5, 0.6) is 0 Å². The van der Waals surface area contributed by atoms with E-state index in [-0.39, 0.29) is 5.41 Å². The molecule has 2 aromatic carbocycles. The van der Waals surface area contributed by atoms with Crippen LogP contribution in [0.3, 0.4) is 0 Å². The number of nitrogens with zero attached hydrogens (tertiary/aromatic N) is 1. The van der Waals surface area contributed by atoms with Crippen LogP contribution in [0.4, 0.5) is 5.69 Å². The van der Waals surface area contributed by atoms with Gasteiger partial charge in [-0.25, -0.2) is 0 Å². The first kappa shape index (κ1) is 15.4. The maximum Gasteiger partial charge on any atom is 0.0646 e. The van der Waals surface area contributed by atoms with Gasteiger partial charge >= 0.3 is 0 Å². The summed E-state index contributed by atoms with van der Waals surface area (Å²) in [7, 11) is 0. The van der Waals surface area contributed by atoms with Gasteiger partial charge in [0, 0.05) is 4.47 Å². The van der Waals surface area contributed by atoms with E-state index >= 15 is 0 Å². The van der Waals surface area contributed by atoms with Crippen LogP contribution in [-0.2, 0) is 12.0 Å². The molecular formula is C17H18BrClN. The van der Waals surface area contributed by atoms with Gasteiger partial charge in [-0.05, 0) is 50.7 Å². The van der Waals surface area contributed by atoms with Gasteiger partial charge in [0.25, 0.3) is 0 Å². The number of hydrogen-bond donors (Lipinski definition) is 0. The molecule has 0 heterocycles. The van der Waals surface area contributed by atoms with E-state index in [1.165, 1.54) is 11.1 Å². The van der Waals surface area contributed by atoms with Crippen LogP contribution < -0.4 is 5.32 Å². The van der Waals surface area contributed by atoms with Gasteiger partial charge in [-0.15, -0.1) is 0 Å². The fourth-order valence-electron chi connectivity index (χ4n) is 1.88. The lowest BCUT2D eigenvalue weighted by Crippen LogP contribution is -2.11. The number of halogens is 2. The molecule has 0 aliphatic heterocycles. The Kier molecular flexibility index (Phi) is 4.77. The molecule has 0 amide bonds. The molecule has 2 rings (SSSR count). The van der Waals surface area contributed by atoms with Gasteiger partial charge in [0.1, 0.15) is 0 Å². The highest BCUT2D eigenvalue weighted by Gasteiger charge is 2.12. The largest absolute Gasteiger partial charge is 0.281 e. The van der Waals surface area contributed by atoms with Gasteiger partial charge in [-0.1, -0.05) is 56.6 Å². The highest BCUT2D eigenvalue weighted by molar-refractivity contribution is 9.10. The molecule has 20 heavy (non-hydrogen) atoms. The second-order valence-corrected chi connectivity index (χ2v) is 7.12. The Hall–Kier alpha value is -0.990. The van der Waals surface area contributed by atoms with Crippen molar-refractivity contribution in [2.45, 2.75) is 32.7 Å². The Balaban J connectivity index is 2.02. The molecule has 0 atom stereocenters. The first-order valence-corrected chi connectivity index (χ1v) is 7.75. The van der Waals surface area contributed by atoms with Crippen LogP contribution in [0.15, 0.2) is 46.9 Å². The Morgan fingerprint density at radius 1 is 1.05 bits per heavy atom. The lowest BCUT2D eigenvalue weighted by atomic mass is 9.87. The maximum atomic E-state index is 6.06. The van der Waals surface area contributed by atoms with Gasteiger partial charge < -0.3 is 0 Å². The minimum absolute atomic E-state index is 0.189. The standard InChI is InChI=1S/C17H18BrClN/c1-17(2,3)13-6-4-12(5-7-13)11-20-14-8-9-15(18)16(19)10-14/h4-10H,11H2,1-3H3. The summed E-state index contributed by atoms with van der Waals surface area (Å²) >= 11 is 9.44. The third kappa shape index (κ3) is 4.00. The van der Waals surface area contributed by atoms with E-state index in [4.69, 9.17) is 11.6 Å². The van der Waals surface area contributed by atoms with Crippen molar-refractivity contribution >= 4 is 33.2 Å². The number of benzene rings is 2. The van der Waals surface area contributed by atoms with Crippen LogP contribution in [-0.4, -0.2) is 0 Å². The maximum absolute atomic E-state index is 6.06. The van der Waals surface area contributed by atoms with Crippen molar-refractivity contribution in [2.24, 2.45) is 0 Å². The van der Waals surface area contributed by atoms with E-state index < -0.39 is 0 Å². The van der Waals surface area contributed by atoms with Crippen molar-refractivity contribution in [3.05, 3.63) is 63.1 Å². The molecule has 0 spiro atoms. The average molecular weight is 352 g/mol. The van der Waals surface area contributed by atoms with Crippen LogP contribution in [0.1, 0.15) is 31.9 Å². The summed E-state index contributed by atoms with van der Waals surface area (Å²) in [6.45, 7) is 7.32. The van der Waals surface area contributed by atoms with Crippen molar-refractivity contribution in [1.29, 1.82) is 0 Å². The highest BCUT2D eigenvalue weighted by Crippen LogP contribution is 2.26. The van der Waals surface area contributed by atoms with E-state index in [9.17, 15) is 0 Å². The van der Waals surface area contributed by atoms with E-state index in [0.29, 0.717) is 11.6 Å². The lowest BCUT2D eigenvalue weighted by Gasteiger charge is -2.19. The van der Waals surface area contributed by atoms with Crippen molar-refractivity contribution in [3.63, 3.8) is 0 Å². The Morgan fingerprint density at radius 3 is 2.25 bits per heavy atom.